The molecule has 0 bridgehead atoms. The van der Waals surface area contributed by atoms with Gasteiger partial charge >= 0.3 is 0 Å². The maximum atomic E-state index is 6.07. The van der Waals surface area contributed by atoms with Gasteiger partial charge in [-0.2, -0.15) is 0 Å². The third-order valence-electron chi connectivity index (χ3n) is 1.88. The molecule has 0 aromatic heterocycles. The van der Waals surface area contributed by atoms with E-state index < -0.39 is 0 Å². The molecular formula is C8H7ClINO. The molecule has 4 heteroatoms. The molecule has 1 aromatic rings. The molecule has 0 saturated carbocycles. The molecule has 1 atom stereocenters. The van der Waals surface area contributed by atoms with E-state index in [0.29, 0.717) is 6.61 Å². The topological polar surface area (TPSA) is 35.2 Å². The van der Waals surface area contributed by atoms with Crippen molar-refractivity contribution in [1.29, 1.82) is 0 Å². The molecule has 0 aliphatic carbocycles. The van der Waals surface area contributed by atoms with E-state index in [0.717, 1.165) is 19.9 Å². The Hall–Kier alpha value is -0.0000000000000000555. The van der Waals surface area contributed by atoms with Crippen LogP contribution in [0.25, 0.3) is 0 Å². The first-order chi connectivity index (χ1) is 5.70. The van der Waals surface area contributed by atoms with Crippen molar-refractivity contribution in [3.05, 3.63) is 26.3 Å². The minimum Gasteiger partial charge on any atom is -0.491 e. The van der Waals surface area contributed by atoms with E-state index >= 15 is 0 Å². The second-order valence-corrected chi connectivity index (χ2v) is 4.23. The van der Waals surface area contributed by atoms with Gasteiger partial charge in [-0.15, -0.1) is 0 Å². The van der Waals surface area contributed by atoms with Crippen LogP contribution < -0.4 is 10.5 Å². The van der Waals surface area contributed by atoms with Crippen LogP contribution in [0.5, 0.6) is 5.75 Å². The number of ether oxygens (including phenoxy) is 1. The fourth-order valence-electron chi connectivity index (χ4n) is 1.28. The number of benzene rings is 1. The molecule has 0 saturated heterocycles. The first kappa shape index (κ1) is 8.59. The normalized spacial score (nSPS) is 20.4. The Bertz CT molecular complexity index is 329. The van der Waals surface area contributed by atoms with E-state index in [1.165, 1.54) is 0 Å². The standard InChI is InChI=1S/C8H7ClINO/c9-8-4(10)1-2-6-7(8)5(11)3-12-6/h1-2,5H,3,11H2/t5-/m0/s1. The Morgan fingerprint density at radius 2 is 2.33 bits per heavy atom. The summed E-state index contributed by atoms with van der Waals surface area (Å²) < 4.78 is 6.36. The van der Waals surface area contributed by atoms with E-state index in [4.69, 9.17) is 22.1 Å². The summed E-state index contributed by atoms with van der Waals surface area (Å²) in [7, 11) is 0. The third-order valence-corrected chi connectivity index (χ3v) is 3.51. The zero-order valence-corrected chi connectivity index (χ0v) is 9.09. The van der Waals surface area contributed by atoms with Gasteiger partial charge in [0.2, 0.25) is 0 Å². The Morgan fingerprint density at radius 1 is 1.58 bits per heavy atom. The predicted octanol–water partition coefficient (Wildman–Crippen LogP) is 2.34. The number of hydrogen-bond donors (Lipinski definition) is 1. The van der Waals surface area contributed by atoms with E-state index in [1.807, 2.05) is 12.1 Å². The molecule has 64 valence electrons. The number of rotatable bonds is 0. The van der Waals surface area contributed by atoms with Gasteiger partial charge in [0, 0.05) is 9.13 Å². The molecule has 1 aromatic carbocycles. The average Bonchev–Trinajstić information content (AvgIpc) is 2.41. The highest BCUT2D eigenvalue weighted by Crippen LogP contribution is 2.38. The molecule has 1 heterocycles. The largest absolute Gasteiger partial charge is 0.491 e. The van der Waals surface area contributed by atoms with Gasteiger partial charge in [-0.3, -0.25) is 0 Å². The summed E-state index contributed by atoms with van der Waals surface area (Å²) in [4.78, 5) is 0. The molecule has 0 radical (unpaired) electrons. The summed E-state index contributed by atoms with van der Waals surface area (Å²) in [6.07, 6.45) is 0. The van der Waals surface area contributed by atoms with Crippen LogP contribution in [0.3, 0.4) is 0 Å². The number of fused-ring (bicyclic) bond motifs is 1. The summed E-state index contributed by atoms with van der Waals surface area (Å²) >= 11 is 8.25. The lowest BCUT2D eigenvalue weighted by atomic mass is 10.1. The van der Waals surface area contributed by atoms with Crippen molar-refractivity contribution in [2.75, 3.05) is 6.61 Å². The summed E-state index contributed by atoms with van der Waals surface area (Å²) in [5.41, 5.74) is 6.75. The van der Waals surface area contributed by atoms with E-state index in [1.54, 1.807) is 0 Å². The predicted molar refractivity (Wildman–Crippen MR) is 56.6 cm³/mol. The molecular weight excluding hydrogens is 288 g/mol. The first-order valence-electron chi connectivity index (χ1n) is 3.56. The fourth-order valence-corrected chi connectivity index (χ4v) is 2.05. The van der Waals surface area contributed by atoms with Crippen molar-refractivity contribution >= 4 is 34.2 Å². The molecule has 0 spiro atoms. The van der Waals surface area contributed by atoms with E-state index in [2.05, 4.69) is 22.6 Å². The minimum atomic E-state index is -0.0674. The maximum absolute atomic E-state index is 6.07. The quantitative estimate of drug-likeness (QED) is 0.746. The summed E-state index contributed by atoms with van der Waals surface area (Å²) in [6, 6.07) is 3.78. The van der Waals surface area contributed by atoms with Gasteiger partial charge in [-0.25, -0.2) is 0 Å². The highest BCUT2D eigenvalue weighted by molar-refractivity contribution is 14.1. The average molecular weight is 296 g/mol. The van der Waals surface area contributed by atoms with Crippen LogP contribution >= 0.6 is 34.2 Å². The first-order valence-corrected chi connectivity index (χ1v) is 5.02. The smallest absolute Gasteiger partial charge is 0.125 e. The molecule has 1 aliphatic heterocycles. The number of halogens is 2. The molecule has 0 amide bonds. The van der Waals surface area contributed by atoms with E-state index in [-0.39, 0.29) is 6.04 Å². The van der Waals surface area contributed by atoms with Crippen LogP contribution in [0.1, 0.15) is 11.6 Å². The van der Waals surface area contributed by atoms with Gasteiger partial charge in [0.25, 0.3) is 0 Å². The van der Waals surface area contributed by atoms with Gasteiger partial charge in [-0.1, -0.05) is 11.6 Å². The maximum Gasteiger partial charge on any atom is 0.125 e. The second-order valence-electron chi connectivity index (χ2n) is 2.69. The van der Waals surface area contributed by atoms with Gasteiger partial charge in [-0.05, 0) is 34.7 Å². The van der Waals surface area contributed by atoms with Gasteiger partial charge in [0.15, 0.2) is 0 Å². The lowest BCUT2D eigenvalue weighted by Gasteiger charge is -2.04. The van der Waals surface area contributed by atoms with Crippen molar-refractivity contribution in [3.8, 4) is 5.75 Å². The highest BCUT2D eigenvalue weighted by atomic mass is 127. The molecule has 0 unspecified atom stereocenters. The van der Waals surface area contributed by atoms with Gasteiger partial charge < -0.3 is 10.5 Å². The molecule has 0 fully saturated rings. The third kappa shape index (κ3) is 1.20. The Balaban J connectivity index is 2.63. The molecule has 1 aliphatic rings. The SMILES string of the molecule is N[C@H]1COc2ccc(I)c(Cl)c21. The molecule has 2 rings (SSSR count). The molecule has 2 nitrogen and oxygen atoms in total. The van der Waals surface area contributed by atoms with Crippen molar-refractivity contribution in [1.82, 2.24) is 0 Å². The molecule has 2 N–H and O–H groups in total. The highest BCUT2D eigenvalue weighted by Gasteiger charge is 2.24. The minimum absolute atomic E-state index is 0.0674. The number of hydrogen-bond acceptors (Lipinski definition) is 2. The lowest BCUT2D eigenvalue weighted by Crippen LogP contribution is -2.11. The summed E-state index contributed by atoms with van der Waals surface area (Å²) in [6.45, 7) is 0.537. The van der Waals surface area contributed by atoms with Gasteiger partial charge in [0.1, 0.15) is 12.4 Å². The van der Waals surface area contributed by atoms with Crippen LogP contribution in [-0.2, 0) is 0 Å². The van der Waals surface area contributed by atoms with Crippen LogP contribution in [0.4, 0.5) is 0 Å². The second kappa shape index (κ2) is 3.05. The zero-order valence-electron chi connectivity index (χ0n) is 6.18. The fraction of sp³-hybridized carbons (Fsp3) is 0.250. The van der Waals surface area contributed by atoms with Crippen molar-refractivity contribution in [2.24, 2.45) is 5.73 Å². The summed E-state index contributed by atoms with van der Waals surface area (Å²) in [5, 5.41) is 0.734. The Kier molecular flexibility index (Phi) is 2.18. The van der Waals surface area contributed by atoms with Crippen LogP contribution in [0.15, 0.2) is 12.1 Å². The number of nitrogens with two attached hydrogens (primary N) is 1. The van der Waals surface area contributed by atoms with E-state index in [9.17, 15) is 0 Å². The monoisotopic (exact) mass is 295 g/mol. The van der Waals surface area contributed by atoms with Crippen LogP contribution in [-0.4, -0.2) is 6.61 Å². The van der Waals surface area contributed by atoms with Crippen molar-refractivity contribution < 1.29 is 4.74 Å². The van der Waals surface area contributed by atoms with Gasteiger partial charge in [0.05, 0.1) is 11.1 Å². The Morgan fingerprint density at radius 3 is 3.08 bits per heavy atom. The van der Waals surface area contributed by atoms with Crippen LogP contribution in [0.2, 0.25) is 5.02 Å². The van der Waals surface area contributed by atoms with Crippen molar-refractivity contribution in [3.63, 3.8) is 0 Å². The zero-order chi connectivity index (χ0) is 8.72. The van der Waals surface area contributed by atoms with Crippen molar-refractivity contribution in [2.45, 2.75) is 6.04 Å². The molecule has 12 heavy (non-hydrogen) atoms. The summed E-state index contributed by atoms with van der Waals surface area (Å²) in [5.74, 6) is 0.827. The Labute approximate surface area is 89.2 Å². The van der Waals surface area contributed by atoms with Crippen LogP contribution in [0, 0.1) is 3.57 Å². The lowest BCUT2D eigenvalue weighted by molar-refractivity contribution is 0.333.